The quantitative estimate of drug-likeness (QED) is 0.891. The zero-order chi connectivity index (χ0) is 13.0. The van der Waals surface area contributed by atoms with Crippen molar-refractivity contribution < 1.29 is 5.11 Å². The number of anilines is 1. The Bertz CT molecular complexity index is 511. The molecule has 0 saturated carbocycles. The summed E-state index contributed by atoms with van der Waals surface area (Å²) in [5, 5.41) is 17.0. The van der Waals surface area contributed by atoms with Gasteiger partial charge < -0.3 is 10.0 Å². The molecule has 94 valence electrons. The van der Waals surface area contributed by atoms with Gasteiger partial charge in [-0.3, -0.25) is 0 Å². The first-order chi connectivity index (χ1) is 8.70. The Morgan fingerprint density at radius 2 is 1.89 bits per heavy atom. The van der Waals surface area contributed by atoms with E-state index in [1.54, 1.807) is 6.07 Å². The zero-order valence-corrected chi connectivity index (χ0v) is 10.7. The largest absolute Gasteiger partial charge is 0.390 e. The molecule has 1 heterocycles. The van der Waals surface area contributed by atoms with E-state index in [-0.39, 0.29) is 6.61 Å². The molecule has 0 aliphatic rings. The summed E-state index contributed by atoms with van der Waals surface area (Å²) in [5.41, 5.74) is 3.13. The van der Waals surface area contributed by atoms with Crippen LogP contribution in [0.2, 0.25) is 0 Å². The van der Waals surface area contributed by atoms with Crippen molar-refractivity contribution in [3.8, 4) is 0 Å². The van der Waals surface area contributed by atoms with Gasteiger partial charge in [0.1, 0.15) is 0 Å². The Labute approximate surface area is 107 Å². The highest BCUT2D eigenvalue weighted by molar-refractivity contribution is 5.39. The molecule has 1 N–H and O–H groups in total. The summed E-state index contributed by atoms with van der Waals surface area (Å²) in [5.74, 6) is 0.801. The van der Waals surface area contributed by atoms with E-state index < -0.39 is 0 Å². The zero-order valence-electron chi connectivity index (χ0n) is 10.7. The normalized spacial score (nSPS) is 10.4. The summed E-state index contributed by atoms with van der Waals surface area (Å²) in [6.45, 7) is 2.82. The standard InChI is InChI=1S/C14H17N3O/c1-11-5-3-4-6-12(11)9-17(2)14-8-7-13(10-18)15-16-14/h3-8,18H,9-10H2,1-2H3. The molecule has 2 aromatic rings. The molecule has 0 aliphatic carbocycles. The van der Waals surface area contributed by atoms with E-state index in [1.807, 2.05) is 30.1 Å². The molecule has 0 fully saturated rings. The minimum atomic E-state index is -0.0746. The fraction of sp³-hybridized carbons (Fsp3) is 0.286. The summed E-state index contributed by atoms with van der Waals surface area (Å²) < 4.78 is 0. The molecule has 2 rings (SSSR count). The maximum absolute atomic E-state index is 8.92. The van der Waals surface area contributed by atoms with Crippen LogP contribution in [0, 0.1) is 6.92 Å². The van der Waals surface area contributed by atoms with E-state index in [0.29, 0.717) is 5.69 Å². The highest BCUT2D eigenvalue weighted by Gasteiger charge is 2.06. The van der Waals surface area contributed by atoms with Crippen LogP contribution in [0.25, 0.3) is 0 Å². The predicted octanol–water partition coefficient (Wildman–Crippen LogP) is 1.91. The molecule has 18 heavy (non-hydrogen) atoms. The smallest absolute Gasteiger partial charge is 0.151 e. The minimum absolute atomic E-state index is 0.0746. The number of benzene rings is 1. The fourth-order valence-corrected chi connectivity index (χ4v) is 1.76. The lowest BCUT2D eigenvalue weighted by Gasteiger charge is -2.18. The van der Waals surface area contributed by atoms with Gasteiger partial charge in [0.15, 0.2) is 5.82 Å². The second-order valence-corrected chi connectivity index (χ2v) is 4.32. The maximum atomic E-state index is 8.92. The van der Waals surface area contributed by atoms with E-state index in [1.165, 1.54) is 11.1 Å². The first kappa shape index (κ1) is 12.5. The van der Waals surface area contributed by atoms with Gasteiger partial charge in [0.25, 0.3) is 0 Å². The third kappa shape index (κ3) is 2.84. The monoisotopic (exact) mass is 243 g/mol. The summed E-state index contributed by atoms with van der Waals surface area (Å²) in [4.78, 5) is 2.04. The minimum Gasteiger partial charge on any atom is -0.390 e. The van der Waals surface area contributed by atoms with Crippen molar-refractivity contribution in [1.82, 2.24) is 10.2 Å². The topological polar surface area (TPSA) is 49.2 Å². The lowest BCUT2D eigenvalue weighted by Crippen LogP contribution is -2.18. The van der Waals surface area contributed by atoms with Crippen LogP contribution in [-0.4, -0.2) is 22.4 Å². The molecule has 0 unspecified atom stereocenters. The Balaban J connectivity index is 2.11. The number of hydrogen-bond donors (Lipinski definition) is 1. The number of aliphatic hydroxyl groups excluding tert-OH is 1. The van der Waals surface area contributed by atoms with Crippen LogP contribution in [0.4, 0.5) is 5.82 Å². The van der Waals surface area contributed by atoms with Gasteiger partial charge in [-0.1, -0.05) is 24.3 Å². The highest BCUT2D eigenvalue weighted by Crippen LogP contribution is 2.14. The van der Waals surface area contributed by atoms with Gasteiger partial charge in [-0.25, -0.2) is 0 Å². The molecule has 1 aromatic carbocycles. The van der Waals surface area contributed by atoms with E-state index in [9.17, 15) is 0 Å². The van der Waals surface area contributed by atoms with Crippen LogP contribution in [0.15, 0.2) is 36.4 Å². The van der Waals surface area contributed by atoms with E-state index >= 15 is 0 Å². The molecular formula is C14H17N3O. The molecule has 0 atom stereocenters. The van der Waals surface area contributed by atoms with E-state index in [0.717, 1.165) is 12.4 Å². The van der Waals surface area contributed by atoms with Gasteiger partial charge in [-0.15, -0.1) is 5.10 Å². The lowest BCUT2D eigenvalue weighted by molar-refractivity contribution is 0.275. The van der Waals surface area contributed by atoms with Gasteiger partial charge in [0.2, 0.25) is 0 Å². The molecule has 0 amide bonds. The van der Waals surface area contributed by atoms with E-state index in [2.05, 4.69) is 29.3 Å². The van der Waals surface area contributed by atoms with Crippen LogP contribution in [0.5, 0.6) is 0 Å². The van der Waals surface area contributed by atoms with Crippen molar-refractivity contribution in [3.63, 3.8) is 0 Å². The Kier molecular flexibility index (Phi) is 3.89. The molecule has 0 saturated heterocycles. The first-order valence-corrected chi connectivity index (χ1v) is 5.90. The van der Waals surface area contributed by atoms with Crippen molar-refractivity contribution in [2.75, 3.05) is 11.9 Å². The Morgan fingerprint density at radius 3 is 2.50 bits per heavy atom. The van der Waals surface area contributed by atoms with Gasteiger partial charge in [-0.05, 0) is 30.2 Å². The van der Waals surface area contributed by atoms with Gasteiger partial charge >= 0.3 is 0 Å². The van der Waals surface area contributed by atoms with Crippen molar-refractivity contribution >= 4 is 5.82 Å². The number of rotatable bonds is 4. The first-order valence-electron chi connectivity index (χ1n) is 5.90. The average molecular weight is 243 g/mol. The molecular weight excluding hydrogens is 226 g/mol. The lowest BCUT2D eigenvalue weighted by atomic mass is 10.1. The van der Waals surface area contributed by atoms with Crippen LogP contribution in [0.1, 0.15) is 16.8 Å². The molecule has 0 radical (unpaired) electrons. The molecule has 0 bridgehead atoms. The molecule has 0 spiro atoms. The number of nitrogens with zero attached hydrogens (tertiary/aromatic N) is 3. The third-order valence-corrected chi connectivity index (χ3v) is 2.93. The van der Waals surface area contributed by atoms with Crippen LogP contribution >= 0.6 is 0 Å². The summed E-state index contributed by atoms with van der Waals surface area (Å²) in [6, 6.07) is 11.9. The molecule has 4 heteroatoms. The summed E-state index contributed by atoms with van der Waals surface area (Å²) >= 11 is 0. The Hall–Kier alpha value is -1.94. The maximum Gasteiger partial charge on any atom is 0.151 e. The number of aryl methyl sites for hydroxylation is 1. The second kappa shape index (κ2) is 5.60. The van der Waals surface area contributed by atoms with Crippen LogP contribution in [-0.2, 0) is 13.2 Å². The van der Waals surface area contributed by atoms with E-state index in [4.69, 9.17) is 5.11 Å². The molecule has 1 aromatic heterocycles. The molecule has 0 aliphatic heterocycles. The number of aromatic nitrogens is 2. The highest BCUT2D eigenvalue weighted by atomic mass is 16.3. The Morgan fingerprint density at radius 1 is 1.11 bits per heavy atom. The average Bonchev–Trinajstić information content (AvgIpc) is 2.41. The second-order valence-electron chi connectivity index (χ2n) is 4.32. The van der Waals surface area contributed by atoms with Crippen molar-refractivity contribution in [1.29, 1.82) is 0 Å². The number of aliphatic hydroxyl groups is 1. The number of hydrogen-bond acceptors (Lipinski definition) is 4. The van der Waals surface area contributed by atoms with Gasteiger partial charge in [-0.2, -0.15) is 5.10 Å². The summed E-state index contributed by atoms with van der Waals surface area (Å²) in [6.07, 6.45) is 0. The predicted molar refractivity (Wildman–Crippen MR) is 71.2 cm³/mol. The SMILES string of the molecule is Cc1ccccc1CN(C)c1ccc(CO)nn1. The third-order valence-electron chi connectivity index (χ3n) is 2.93. The van der Waals surface area contributed by atoms with Crippen LogP contribution in [0.3, 0.4) is 0 Å². The fourth-order valence-electron chi connectivity index (χ4n) is 1.76. The van der Waals surface area contributed by atoms with Crippen molar-refractivity contribution in [2.24, 2.45) is 0 Å². The van der Waals surface area contributed by atoms with Crippen molar-refractivity contribution in [2.45, 2.75) is 20.1 Å². The van der Waals surface area contributed by atoms with Gasteiger partial charge in [0.05, 0.1) is 12.3 Å². The van der Waals surface area contributed by atoms with Crippen LogP contribution < -0.4 is 4.90 Å². The molecule has 4 nitrogen and oxygen atoms in total. The van der Waals surface area contributed by atoms with Crippen molar-refractivity contribution in [3.05, 3.63) is 53.2 Å². The van der Waals surface area contributed by atoms with Gasteiger partial charge in [0, 0.05) is 13.6 Å². The summed E-state index contributed by atoms with van der Waals surface area (Å²) in [7, 11) is 1.98.